The Labute approximate surface area is 518 Å². The molecule has 0 N–H and O–H groups in total. The monoisotopic (exact) mass is 1150 g/mol. The average Bonchev–Trinajstić information content (AvgIpc) is 1.80. The Hall–Kier alpha value is -8.43. The summed E-state index contributed by atoms with van der Waals surface area (Å²) in [7, 11) is 6.29. The topological polar surface area (TPSA) is 89.0 Å². The van der Waals surface area contributed by atoms with Crippen molar-refractivity contribution < 1.29 is 13.7 Å². The number of nitrogens with zero attached hydrogens (tertiary/aromatic N) is 9. The zero-order valence-electron chi connectivity index (χ0n) is 55.3. The van der Waals surface area contributed by atoms with Crippen LogP contribution in [-0.2, 0) is 53.2 Å². The molecular weight excluding hydrogens is 1060 g/mol. The number of pyridine rings is 3. The van der Waals surface area contributed by atoms with E-state index in [1.807, 2.05) is 37.6 Å². The molecular formula is C78H90N9+3. The second-order valence-corrected chi connectivity index (χ2v) is 26.9. The summed E-state index contributed by atoms with van der Waals surface area (Å²) in [6.07, 6.45) is 23.5. The van der Waals surface area contributed by atoms with E-state index in [0.29, 0.717) is 11.8 Å². The second-order valence-electron chi connectivity index (χ2n) is 26.9. The first-order valence-corrected chi connectivity index (χ1v) is 31.2. The first kappa shape index (κ1) is 61.7. The molecule has 0 unspecified atom stereocenters. The number of aromatic nitrogens is 9. The molecule has 0 aliphatic heterocycles. The number of benzene rings is 3. The Bertz CT molecular complexity index is 4210. The lowest BCUT2D eigenvalue weighted by Crippen LogP contribution is -2.33. The predicted molar refractivity (Wildman–Crippen MR) is 356 cm³/mol. The van der Waals surface area contributed by atoms with E-state index in [1.165, 1.54) is 117 Å². The molecule has 444 valence electrons. The zero-order chi connectivity index (χ0) is 62.3. The number of hydrogen-bond acceptors (Lipinski definition) is 6. The van der Waals surface area contributed by atoms with Crippen LogP contribution in [0.25, 0.3) is 50.5 Å². The molecule has 6 heterocycles. The van der Waals surface area contributed by atoms with Crippen molar-refractivity contribution in [2.75, 3.05) is 0 Å². The van der Waals surface area contributed by atoms with Crippen LogP contribution in [0.5, 0.6) is 0 Å². The van der Waals surface area contributed by atoms with Crippen molar-refractivity contribution in [3.05, 3.63) is 246 Å². The quantitative estimate of drug-likeness (QED) is 0.127. The van der Waals surface area contributed by atoms with Gasteiger partial charge in [-0.3, -0.25) is 15.0 Å². The molecule has 3 aromatic carbocycles. The SMILES string of the molecule is Cc1cc(C)c(C)c(-c2c3c(nc[n+]2C)C(c2ccc(C(C)C)nc2)=CC3)c1.Cc1cc(C)c(C)c(-c2c3c(nc[n+]2C)C(c2ccc(CC(C)(C)C)nc2)=CC3)c1.Cc1cc(C)c(C)c(-c2c3c(nc[n+]2C)C(c2ccc(CC(C)C)nc2)=CC3)c1. The summed E-state index contributed by atoms with van der Waals surface area (Å²) in [5.74, 6) is 1.06. The van der Waals surface area contributed by atoms with Crippen LogP contribution < -0.4 is 13.7 Å². The molecule has 3 aliphatic rings. The van der Waals surface area contributed by atoms with E-state index >= 15 is 0 Å². The normalized spacial score (nSPS) is 13.1. The highest BCUT2D eigenvalue weighted by molar-refractivity contribution is 5.88. The summed E-state index contributed by atoms with van der Waals surface area (Å²) in [4.78, 5) is 28.5. The molecule has 0 fully saturated rings. The van der Waals surface area contributed by atoms with E-state index in [1.54, 1.807) is 0 Å². The highest BCUT2D eigenvalue weighted by Gasteiger charge is 2.33. The van der Waals surface area contributed by atoms with Crippen molar-refractivity contribution in [3.63, 3.8) is 0 Å². The smallest absolute Gasteiger partial charge is 0.261 e. The molecule has 0 saturated carbocycles. The summed E-state index contributed by atoms with van der Waals surface area (Å²) >= 11 is 0. The van der Waals surface area contributed by atoms with Crippen LogP contribution >= 0.6 is 0 Å². The van der Waals surface area contributed by atoms with Crippen molar-refractivity contribution in [2.24, 2.45) is 32.5 Å². The van der Waals surface area contributed by atoms with Gasteiger partial charge in [0.1, 0.15) is 17.1 Å². The maximum atomic E-state index is 4.83. The standard InChI is InChI=1S/C27H32N3.C26H30N3.C25H28N3/c1-17-12-18(2)19(3)24(13-17)26-23-11-10-22(25(23)29-16-30(26)7)20-8-9-21(28-15-20)14-27(4,5)6;1-16(2)11-21-8-7-20(14-27-21)22-9-10-23-25(22)28-15-29(6)26(23)24-13-17(3)12-18(4)19(24)5;1-15(2)23-10-7-19(13-26-23)20-8-9-21-24(20)27-14-28(6)25(21)22-12-16(3)11-17(4)18(22)5/h8-10,12-13,15-16H,11,14H2,1-7H3;7-9,12-16H,10-11H2,1-6H3;7-8,10-15H,9H2,1-6H3/q3*+1. The van der Waals surface area contributed by atoms with Gasteiger partial charge in [-0.15, -0.1) is 0 Å². The van der Waals surface area contributed by atoms with Gasteiger partial charge in [-0.1, -0.05) is 120 Å². The third-order valence-electron chi connectivity index (χ3n) is 17.6. The van der Waals surface area contributed by atoms with Gasteiger partial charge in [-0.05, 0) is 177 Å². The Morgan fingerprint density at radius 3 is 1.07 bits per heavy atom. The van der Waals surface area contributed by atoms with Gasteiger partial charge in [0.25, 0.3) is 19.0 Å². The number of allylic oxidation sites excluding steroid dienone is 3. The van der Waals surface area contributed by atoms with Crippen LogP contribution in [0, 0.1) is 73.6 Å². The number of fused-ring (bicyclic) bond motifs is 3. The lowest BCUT2D eigenvalue weighted by molar-refractivity contribution is -0.664. The van der Waals surface area contributed by atoms with E-state index in [4.69, 9.17) is 24.9 Å². The Balaban J connectivity index is 0.000000145. The van der Waals surface area contributed by atoms with Crippen molar-refractivity contribution >= 4 is 16.7 Å². The minimum Gasteiger partial charge on any atom is -0.261 e. The molecule has 0 radical (unpaired) electrons. The van der Waals surface area contributed by atoms with Crippen molar-refractivity contribution in [2.45, 2.75) is 149 Å². The molecule has 3 aliphatic carbocycles. The molecule has 9 aromatic rings. The second kappa shape index (κ2) is 25.1. The van der Waals surface area contributed by atoms with E-state index in [9.17, 15) is 0 Å². The van der Waals surface area contributed by atoms with Crippen molar-refractivity contribution in [3.8, 4) is 33.8 Å². The summed E-state index contributed by atoms with van der Waals surface area (Å²) in [5, 5.41) is 0. The van der Waals surface area contributed by atoms with E-state index in [-0.39, 0.29) is 5.41 Å². The Morgan fingerprint density at radius 2 is 0.770 bits per heavy atom. The van der Waals surface area contributed by atoms with Gasteiger partial charge >= 0.3 is 0 Å². The van der Waals surface area contributed by atoms with Crippen LogP contribution in [0.3, 0.4) is 0 Å². The van der Waals surface area contributed by atoms with Gasteiger partial charge in [0, 0.05) is 105 Å². The van der Waals surface area contributed by atoms with Gasteiger partial charge in [0.2, 0.25) is 0 Å². The van der Waals surface area contributed by atoms with Gasteiger partial charge in [0.05, 0.1) is 37.8 Å². The van der Waals surface area contributed by atoms with Gasteiger partial charge in [-0.2, -0.15) is 0 Å². The Morgan fingerprint density at radius 1 is 0.425 bits per heavy atom. The van der Waals surface area contributed by atoms with E-state index in [2.05, 4.69) is 242 Å². The fraction of sp³-hybridized carbons (Fsp3) is 0.346. The maximum Gasteiger partial charge on any atom is 0.287 e. The van der Waals surface area contributed by atoms with Crippen LogP contribution in [-0.4, -0.2) is 29.9 Å². The van der Waals surface area contributed by atoms with Gasteiger partial charge in [0.15, 0.2) is 17.1 Å². The van der Waals surface area contributed by atoms with E-state index < -0.39 is 0 Å². The van der Waals surface area contributed by atoms with E-state index in [0.717, 1.165) is 83.0 Å². The lowest BCUT2D eigenvalue weighted by atomic mass is 9.90. The highest BCUT2D eigenvalue weighted by Crippen LogP contribution is 2.41. The molecule has 9 heteroatoms. The van der Waals surface area contributed by atoms with Crippen molar-refractivity contribution in [1.29, 1.82) is 0 Å². The molecule has 0 saturated heterocycles. The molecule has 0 amide bonds. The van der Waals surface area contributed by atoms with Crippen LogP contribution in [0.1, 0.15) is 172 Å². The molecule has 87 heavy (non-hydrogen) atoms. The van der Waals surface area contributed by atoms with Gasteiger partial charge < -0.3 is 0 Å². The maximum absolute atomic E-state index is 4.83. The molecule has 9 nitrogen and oxygen atoms in total. The number of rotatable bonds is 10. The van der Waals surface area contributed by atoms with Gasteiger partial charge in [-0.25, -0.2) is 13.7 Å². The van der Waals surface area contributed by atoms with Crippen molar-refractivity contribution in [1.82, 2.24) is 29.9 Å². The lowest BCUT2D eigenvalue weighted by Gasteiger charge is -2.17. The first-order valence-electron chi connectivity index (χ1n) is 31.2. The molecule has 0 bridgehead atoms. The number of hydrogen-bond donors (Lipinski definition) is 0. The fourth-order valence-electron chi connectivity index (χ4n) is 12.9. The molecule has 0 spiro atoms. The van der Waals surface area contributed by atoms with Crippen LogP contribution in [0.2, 0.25) is 0 Å². The molecule has 6 aromatic heterocycles. The molecule has 0 atom stereocenters. The number of aryl methyl sites for hydroxylation is 9. The summed E-state index contributed by atoms with van der Waals surface area (Å²) in [6, 6.07) is 26.7. The average molecular weight is 1150 g/mol. The summed E-state index contributed by atoms with van der Waals surface area (Å²) in [5.41, 5.74) is 37.5. The third-order valence-corrected chi connectivity index (χ3v) is 17.6. The third kappa shape index (κ3) is 13.0. The predicted octanol–water partition coefficient (Wildman–Crippen LogP) is 15.6. The highest BCUT2D eigenvalue weighted by atomic mass is 15.0. The minimum atomic E-state index is 0.239. The van der Waals surface area contributed by atoms with Crippen LogP contribution in [0.15, 0.2) is 129 Å². The van der Waals surface area contributed by atoms with Crippen LogP contribution in [0.4, 0.5) is 0 Å². The Kier molecular flexibility index (Phi) is 17.8. The largest absolute Gasteiger partial charge is 0.287 e. The zero-order valence-corrected chi connectivity index (χ0v) is 55.3. The minimum absolute atomic E-state index is 0.239. The summed E-state index contributed by atoms with van der Waals surface area (Å²) in [6.45, 7) is 35.3. The fourth-order valence-corrected chi connectivity index (χ4v) is 12.9. The first-order chi connectivity index (χ1) is 41.3. The molecule has 12 rings (SSSR count). The summed E-state index contributed by atoms with van der Waals surface area (Å²) < 4.78 is 6.50.